The third-order valence-corrected chi connectivity index (χ3v) is 17.1. The van der Waals surface area contributed by atoms with E-state index in [9.17, 15) is 14.7 Å². The number of aliphatic hydroxyl groups is 1. The Labute approximate surface area is 349 Å². The van der Waals surface area contributed by atoms with E-state index in [1.807, 2.05) is 79.0 Å². The molecule has 5 aromatic rings. The van der Waals surface area contributed by atoms with Gasteiger partial charge in [0.2, 0.25) is 5.91 Å². The second-order valence-electron chi connectivity index (χ2n) is 16.3. The molecule has 2 amide bonds. The number of β-lactam (4-membered cyclic amide) rings is 1. The van der Waals surface area contributed by atoms with Crippen LogP contribution >= 0.6 is 11.6 Å². The Bertz CT molecular complexity index is 2380. The number of aliphatic hydroxyl groups excluding tert-OH is 1. The molecule has 1 aromatic heterocycles. The summed E-state index contributed by atoms with van der Waals surface area (Å²) in [6.45, 7) is 8.73. The van der Waals surface area contributed by atoms with E-state index in [0.717, 1.165) is 28.1 Å². The largest absolute Gasteiger partial charge is 0.497 e. The van der Waals surface area contributed by atoms with Gasteiger partial charge in [0.25, 0.3) is 5.91 Å². The van der Waals surface area contributed by atoms with Crippen molar-refractivity contribution >= 4 is 54.0 Å². The van der Waals surface area contributed by atoms with Crippen LogP contribution in [-0.4, -0.2) is 72.0 Å². The zero-order chi connectivity index (χ0) is 41.6. The summed E-state index contributed by atoms with van der Waals surface area (Å²) in [5, 5.41) is 21.0. The number of carbonyl (C=O) groups excluding carboxylic acids is 3. The molecule has 14 heteroatoms. The van der Waals surface area contributed by atoms with Crippen molar-refractivity contribution in [1.29, 1.82) is 0 Å². The van der Waals surface area contributed by atoms with E-state index >= 15 is 4.79 Å². The van der Waals surface area contributed by atoms with Crippen LogP contribution < -0.4 is 19.7 Å². The summed E-state index contributed by atoms with van der Waals surface area (Å²) in [7, 11) is -0.786. The molecule has 59 heavy (non-hydrogen) atoms. The first kappa shape index (κ1) is 40.4. The van der Waals surface area contributed by atoms with Crippen molar-refractivity contribution in [3.63, 3.8) is 0 Å². The lowest BCUT2D eigenvalue weighted by Crippen LogP contribution is -2.54. The molecule has 3 aliphatic heterocycles. The van der Waals surface area contributed by atoms with E-state index < -0.39 is 25.9 Å². The van der Waals surface area contributed by atoms with E-state index in [4.69, 9.17) is 25.8 Å². The van der Waals surface area contributed by atoms with Crippen molar-refractivity contribution in [2.45, 2.75) is 82.3 Å². The maximum Gasteiger partial charge on any atom is 0.304 e. The molecular formula is C45H48ClN5O7Si. The SMILES string of the molecule is COc1ccc([Si](C)(C)[C@@H]2[C@@H](CCn3cc(C(CO)c4ccccc4)nn3)O[C@]3(C(=O)N(Cc4cccc(N5C(=O)CC5OC(C)=O)c4)c4ccc(Cl)cc43)[C@H]2C)cc1. The molecule has 1 spiro atoms. The number of anilines is 2. The predicted octanol–water partition coefficient (Wildman–Crippen LogP) is 6.54. The third-order valence-electron chi connectivity index (χ3n) is 12.5. The van der Waals surface area contributed by atoms with Crippen molar-refractivity contribution in [2.24, 2.45) is 5.92 Å². The van der Waals surface area contributed by atoms with Crippen LogP contribution in [0, 0.1) is 5.92 Å². The van der Waals surface area contributed by atoms with Gasteiger partial charge in [-0.25, -0.2) is 0 Å². The minimum absolute atomic E-state index is 0.0249. The zero-order valence-corrected chi connectivity index (χ0v) is 35.5. The molecule has 1 N–H and O–H groups in total. The fourth-order valence-electron chi connectivity index (χ4n) is 9.58. The molecule has 0 bridgehead atoms. The zero-order valence-electron chi connectivity index (χ0n) is 33.7. The predicted molar refractivity (Wildman–Crippen MR) is 226 cm³/mol. The number of benzene rings is 4. The van der Waals surface area contributed by atoms with Crippen LogP contribution in [0.5, 0.6) is 5.75 Å². The fourth-order valence-corrected chi connectivity index (χ4v) is 13.8. The first-order chi connectivity index (χ1) is 28.3. The first-order valence-electron chi connectivity index (χ1n) is 19.9. The van der Waals surface area contributed by atoms with Gasteiger partial charge in [0.1, 0.15) is 5.75 Å². The number of fused-ring (bicyclic) bond motifs is 2. The van der Waals surface area contributed by atoms with E-state index in [-0.39, 0.29) is 54.9 Å². The molecule has 2 unspecified atom stereocenters. The maximum absolute atomic E-state index is 15.4. The van der Waals surface area contributed by atoms with Gasteiger partial charge < -0.3 is 24.2 Å². The minimum atomic E-state index is -2.44. The van der Waals surface area contributed by atoms with Crippen LogP contribution in [0.1, 0.15) is 55.0 Å². The summed E-state index contributed by atoms with van der Waals surface area (Å²) in [6, 6.07) is 31.0. The van der Waals surface area contributed by atoms with E-state index in [2.05, 4.69) is 42.5 Å². The number of aromatic nitrogens is 3. The number of amides is 2. The number of nitrogens with zero attached hydrogens (tertiary/aromatic N) is 5. The number of hydrogen-bond donors (Lipinski definition) is 1. The Morgan fingerprint density at radius 2 is 1.80 bits per heavy atom. The normalized spacial score (nSPS) is 23.0. The van der Waals surface area contributed by atoms with Gasteiger partial charge in [-0.15, -0.1) is 5.10 Å². The molecule has 6 atom stereocenters. The highest BCUT2D eigenvalue weighted by Crippen LogP contribution is 2.60. The third kappa shape index (κ3) is 7.24. The van der Waals surface area contributed by atoms with Gasteiger partial charge in [0, 0.05) is 41.9 Å². The number of rotatable bonds is 13. The first-order valence-corrected chi connectivity index (χ1v) is 23.4. The van der Waals surface area contributed by atoms with Crippen molar-refractivity contribution in [3.8, 4) is 5.75 Å². The molecule has 12 nitrogen and oxygen atoms in total. The highest BCUT2D eigenvalue weighted by atomic mass is 35.5. The van der Waals surface area contributed by atoms with E-state index in [1.165, 1.54) is 17.0 Å². The molecule has 2 saturated heterocycles. The lowest BCUT2D eigenvalue weighted by atomic mass is 9.82. The number of carbonyl (C=O) groups is 3. The Morgan fingerprint density at radius 3 is 2.49 bits per heavy atom. The van der Waals surface area contributed by atoms with Crippen LogP contribution in [0.3, 0.4) is 0 Å². The summed E-state index contributed by atoms with van der Waals surface area (Å²) in [4.78, 5) is 43.0. The number of methoxy groups -OCH3 is 1. The van der Waals surface area contributed by atoms with E-state index in [1.54, 1.807) is 28.8 Å². The number of aryl methyl sites for hydroxylation is 1. The standard InChI is InChI=1S/C45H48ClN5O7Si/c1-28-43(59(4,5)35-17-15-34(56-3)16-18-35)40(20-21-49-26-38(47-48-49)36(27-52)31-11-7-6-8-12-31)58-45(28)37-23-32(46)14-19-39(37)50(44(45)55)25-30-10-9-13-33(22-30)51-41(54)24-42(51)57-29(2)53/h6-19,22-23,26,28,36,40,42-43,52H,20-21,24-25,27H2,1-5H3/t28-,36?,40+,42?,43-,45+/m0/s1. The lowest BCUT2D eigenvalue weighted by Gasteiger charge is -2.39. The number of esters is 1. The van der Waals surface area contributed by atoms with Crippen LogP contribution in [0.4, 0.5) is 11.4 Å². The van der Waals surface area contributed by atoms with Gasteiger partial charge in [-0.2, -0.15) is 0 Å². The van der Waals surface area contributed by atoms with Crippen LogP contribution in [0.15, 0.2) is 103 Å². The average Bonchev–Trinajstić information content (AvgIpc) is 3.87. The van der Waals surface area contributed by atoms with Crippen LogP contribution in [0.25, 0.3) is 0 Å². The fraction of sp³-hybridized carbons (Fsp3) is 0.356. The Balaban J connectivity index is 1.13. The van der Waals surface area contributed by atoms with E-state index in [0.29, 0.717) is 29.4 Å². The smallest absolute Gasteiger partial charge is 0.304 e. The van der Waals surface area contributed by atoms with Crippen LogP contribution in [-0.2, 0) is 42.5 Å². The number of halogens is 1. The Hall–Kier alpha value is -5.34. The lowest BCUT2D eigenvalue weighted by molar-refractivity contribution is -0.154. The van der Waals surface area contributed by atoms with Gasteiger partial charge in [0.05, 0.1) is 58.2 Å². The molecule has 306 valence electrons. The maximum atomic E-state index is 15.4. The molecule has 0 saturated carbocycles. The summed E-state index contributed by atoms with van der Waals surface area (Å²) >= 11 is 6.74. The van der Waals surface area contributed by atoms with Gasteiger partial charge in [-0.1, -0.05) is 96.6 Å². The number of hydrogen-bond acceptors (Lipinski definition) is 9. The summed E-state index contributed by atoms with van der Waals surface area (Å²) < 4.78 is 20.0. The Morgan fingerprint density at radius 1 is 1.03 bits per heavy atom. The monoisotopic (exact) mass is 833 g/mol. The summed E-state index contributed by atoms with van der Waals surface area (Å²) in [5.74, 6) is -0.578. The highest BCUT2D eigenvalue weighted by Gasteiger charge is 2.66. The second-order valence-corrected chi connectivity index (χ2v) is 21.4. The van der Waals surface area contributed by atoms with Crippen molar-refractivity contribution in [2.75, 3.05) is 23.5 Å². The highest BCUT2D eigenvalue weighted by molar-refractivity contribution is 6.91. The molecule has 8 rings (SSSR count). The van der Waals surface area contributed by atoms with Crippen LogP contribution in [0.2, 0.25) is 23.7 Å². The Kier molecular flexibility index (Phi) is 11.0. The summed E-state index contributed by atoms with van der Waals surface area (Å²) in [6.07, 6.45) is 1.54. The average molecular weight is 834 g/mol. The summed E-state index contributed by atoms with van der Waals surface area (Å²) in [5.41, 5.74) is 3.10. The van der Waals surface area contributed by atoms with Gasteiger partial charge in [-0.3, -0.25) is 24.0 Å². The quantitative estimate of drug-likeness (QED) is 0.0797. The molecule has 0 aliphatic carbocycles. The van der Waals surface area contributed by atoms with Crippen molar-refractivity contribution in [3.05, 3.63) is 131 Å². The van der Waals surface area contributed by atoms with Gasteiger partial charge >= 0.3 is 5.97 Å². The number of ether oxygens (including phenoxy) is 3. The van der Waals surface area contributed by atoms with Crippen molar-refractivity contribution in [1.82, 2.24) is 15.0 Å². The molecule has 4 aromatic carbocycles. The van der Waals surface area contributed by atoms with Gasteiger partial charge in [-0.05, 0) is 65.6 Å². The molecule has 3 aliphatic rings. The second kappa shape index (κ2) is 16.0. The van der Waals surface area contributed by atoms with Gasteiger partial charge in [0.15, 0.2) is 11.8 Å². The molecule has 4 heterocycles. The molecular weight excluding hydrogens is 786 g/mol. The molecule has 0 radical (unpaired) electrons. The minimum Gasteiger partial charge on any atom is -0.497 e. The topological polar surface area (TPSA) is 136 Å². The van der Waals surface area contributed by atoms with Crippen molar-refractivity contribution < 1.29 is 33.7 Å². The molecule has 2 fully saturated rings.